The van der Waals surface area contributed by atoms with Crippen LogP contribution in [0.1, 0.15) is 17.6 Å². The van der Waals surface area contributed by atoms with Gasteiger partial charge in [0, 0.05) is 44.8 Å². The van der Waals surface area contributed by atoms with Crippen LogP contribution in [0.25, 0.3) is 0 Å². The zero-order valence-electron chi connectivity index (χ0n) is 19.9. The number of hydrogen-bond acceptors (Lipinski definition) is 14. The third kappa shape index (κ3) is 6.60. The van der Waals surface area contributed by atoms with E-state index < -0.39 is 35.2 Å². The maximum Gasteiger partial charge on any atom is 0.353 e. The molecule has 0 spiro atoms. The van der Waals surface area contributed by atoms with Gasteiger partial charge in [0.25, 0.3) is 11.8 Å². The van der Waals surface area contributed by atoms with Gasteiger partial charge >= 0.3 is 5.97 Å². The first kappa shape index (κ1) is 28.6. The van der Waals surface area contributed by atoms with Crippen LogP contribution in [0.3, 0.4) is 0 Å². The summed E-state index contributed by atoms with van der Waals surface area (Å²) in [4.78, 5) is 63.5. The van der Waals surface area contributed by atoms with Crippen LogP contribution >= 0.6 is 46.8 Å². The van der Waals surface area contributed by atoms with Crippen LogP contribution in [0.15, 0.2) is 44.0 Å². The third-order valence-electron chi connectivity index (χ3n) is 5.30. The van der Waals surface area contributed by atoms with Crippen LogP contribution in [0, 0.1) is 4.91 Å². The number of hydrogen-bond donors (Lipinski definition) is 5. The SMILES string of the molecule is NC(N)=NCCSCc1cc(SC2=C(C(=O)O)N3C(=O)[C@@H](NC(=O)C(N=O)c4nsc(N)n4)[C@@H]3SC2)ccn1. The van der Waals surface area contributed by atoms with Gasteiger partial charge in [-0.2, -0.15) is 16.1 Å². The number of amides is 2. The summed E-state index contributed by atoms with van der Waals surface area (Å²) in [6.45, 7) is 0.489. The number of fused-ring (bicyclic) bond motifs is 1. The Labute approximate surface area is 238 Å². The molecule has 1 unspecified atom stereocenters. The molecule has 4 rings (SSSR count). The minimum Gasteiger partial charge on any atom is -0.477 e. The standard InChI is InChI=1S/C20H22N10O5S4/c21-19(22)25-3-4-36-6-8-5-9(1-2-24-8)38-10-7-37-17-12(16(32)30(17)13(10)18(33)34)26-15(31)11(28-35)14-27-20(23)39-29-14/h1-2,5,11-12,17H,3-4,6-7H2,(H,26,31)(H,33,34)(H4,21,22,25)(H2,23,27,29)/t11?,12-,17+/m1/s1. The number of aliphatic imine (C=N–C) groups is 1. The highest BCUT2D eigenvalue weighted by Crippen LogP contribution is 2.45. The molecule has 1 saturated heterocycles. The Morgan fingerprint density at radius 3 is 2.82 bits per heavy atom. The zero-order chi connectivity index (χ0) is 28.1. The van der Waals surface area contributed by atoms with Gasteiger partial charge in [-0.25, -0.2) is 9.78 Å². The average molecular weight is 611 g/mol. The highest BCUT2D eigenvalue weighted by atomic mass is 32.2. The van der Waals surface area contributed by atoms with Gasteiger partial charge in [-0.15, -0.1) is 16.7 Å². The van der Waals surface area contributed by atoms with Crippen molar-refractivity contribution < 1.29 is 19.5 Å². The topological polar surface area (TPSA) is 245 Å². The lowest BCUT2D eigenvalue weighted by Gasteiger charge is -2.49. The monoisotopic (exact) mass is 610 g/mol. The lowest BCUT2D eigenvalue weighted by Crippen LogP contribution is -2.70. The summed E-state index contributed by atoms with van der Waals surface area (Å²) >= 11 is 4.94. The lowest BCUT2D eigenvalue weighted by atomic mass is 10.0. The van der Waals surface area contributed by atoms with E-state index in [1.165, 1.54) is 23.5 Å². The molecule has 0 aliphatic carbocycles. The quantitative estimate of drug-likeness (QED) is 0.0714. The van der Waals surface area contributed by atoms with Gasteiger partial charge < -0.3 is 27.6 Å². The largest absolute Gasteiger partial charge is 0.477 e. The molecule has 2 amide bonds. The summed E-state index contributed by atoms with van der Waals surface area (Å²) in [6, 6.07) is 0.995. The Balaban J connectivity index is 1.43. The molecule has 0 aromatic carbocycles. The number of thioether (sulfide) groups is 3. The van der Waals surface area contributed by atoms with Crippen molar-refractivity contribution in [2.45, 2.75) is 28.1 Å². The molecule has 39 heavy (non-hydrogen) atoms. The van der Waals surface area contributed by atoms with E-state index in [4.69, 9.17) is 17.2 Å². The van der Waals surface area contributed by atoms with E-state index in [2.05, 4.69) is 29.8 Å². The molecule has 2 aromatic heterocycles. The molecule has 3 atom stereocenters. The molecule has 0 bridgehead atoms. The highest BCUT2D eigenvalue weighted by molar-refractivity contribution is 8.06. The molecular weight excluding hydrogens is 589 g/mol. The number of nitroso groups, excluding NO2 is 1. The van der Waals surface area contributed by atoms with Gasteiger partial charge in [-0.1, -0.05) is 11.8 Å². The molecule has 19 heteroatoms. The summed E-state index contributed by atoms with van der Waals surface area (Å²) in [5, 5.41) is 14.6. The molecule has 206 valence electrons. The maximum absolute atomic E-state index is 13.0. The summed E-state index contributed by atoms with van der Waals surface area (Å²) in [5.74, 6) is -1.27. The summed E-state index contributed by atoms with van der Waals surface area (Å²) in [7, 11) is 0. The second-order valence-corrected chi connectivity index (χ2v) is 12.1. The number of nitrogen functional groups attached to an aromatic ring is 1. The molecule has 2 aliphatic heterocycles. The first-order valence-corrected chi connectivity index (χ1v) is 14.9. The van der Waals surface area contributed by atoms with E-state index in [0.717, 1.165) is 27.0 Å². The maximum atomic E-state index is 13.0. The second kappa shape index (κ2) is 12.6. The van der Waals surface area contributed by atoms with Crippen LogP contribution in [-0.2, 0) is 20.1 Å². The Kier molecular flexibility index (Phi) is 9.25. The third-order valence-corrected chi connectivity index (χ3v) is 9.36. The molecule has 2 aromatic rings. The molecule has 4 heterocycles. The highest BCUT2D eigenvalue weighted by Gasteiger charge is 2.55. The average Bonchev–Trinajstić information content (AvgIpc) is 3.32. The number of carbonyl (C=O) groups excluding carboxylic acids is 2. The first-order valence-electron chi connectivity index (χ1n) is 11.1. The molecular formula is C20H22N10O5S4. The van der Waals surface area contributed by atoms with Gasteiger partial charge in [-0.05, 0) is 17.3 Å². The van der Waals surface area contributed by atoms with Crippen molar-refractivity contribution in [2.24, 2.45) is 21.6 Å². The normalized spacial score (nSPS) is 19.1. The van der Waals surface area contributed by atoms with Gasteiger partial charge in [0.05, 0.1) is 12.2 Å². The van der Waals surface area contributed by atoms with E-state index in [0.29, 0.717) is 23.0 Å². The van der Waals surface area contributed by atoms with Crippen molar-refractivity contribution in [3.05, 3.63) is 45.4 Å². The predicted molar refractivity (Wildman–Crippen MR) is 149 cm³/mol. The number of β-lactam (4-membered cyclic amide) rings is 1. The number of rotatable bonds is 12. The minimum absolute atomic E-state index is 0.0392. The number of guanidine groups is 1. The molecule has 15 nitrogen and oxygen atoms in total. The van der Waals surface area contributed by atoms with E-state index in [1.54, 1.807) is 24.0 Å². The van der Waals surface area contributed by atoms with Crippen LogP contribution < -0.4 is 22.5 Å². The van der Waals surface area contributed by atoms with E-state index in [9.17, 15) is 24.4 Å². The van der Waals surface area contributed by atoms with E-state index in [-0.39, 0.29) is 28.4 Å². The number of pyridine rings is 1. The van der Waals surface area contributed by atoms with Gasteiger partial charge in [0.1, 0.15) is 17.1 Å². The van der Waals surface area contributed by atoms with Gasteiger partial charge in [0.2, 0.25) is 6.04 Å². The molecule has 8 N–H and O–H groups in total. The predicted octanol–water partition coefficient (Wildman–Crippen LogP) is 0.318. The Bertz CT molecular complexity index is 1350. The van der Waals surface area contributed by atoms with Gasteiger partial charge in [-0.3, -0.25) is 24.5 Å². The van der Waals surface area contributed by atoms with E-state index >= 15 is 0 Å². The van der Waals surface area contributed by atoms with Crippen molar-refractivity contribution in [1.82, 2.24) is 24.6 Å². The van der Waals surface area contributed by atoms with Crippen LogP contribution in [-0.4, -0.2) is 77.6 Å². The van der Waals surface area contributed by atoms with Crippen LogP contribution in [0.5, 0.6) is 0 Å². The van der Waals surface area contributed by atoms with E-state index in [1.807, 2.05) is 6.07 Å². The number of aliphatic carboxylic acids is 1. The number of aromatic nitrogens is 3. The van der Waals surface area contributed by atoms with Crippen molar-refractivity contribution in [3.8, 4) is 0 Å². The Hall–Kier alpha value is -3.42. The smallest absolute Gasteiger partial charge is 0.353 e. The fraction of sp³-hybridized carbons (Fsp3) is 0.350. The fourth-order valence-electron chi connectivity index (χ4n) is 3.63. The molecule has 1 fully saturated rings. The number of nitrogens with one attached hydrogen (secondary N) is 1. The molecule has 0 radical (unpaired) electrons. The molecule has 2 aliphatic rings. The van der Waals surface area contributed by atoms with Crippen molar-refractivity contribution in [3.63, 3.8) is 0 Å². The van der Waals surface area contributed by atoms with Crippen LogP contribution in [0.2, 0.25) is 0 Å². The number of carbonyl (C=O) groups is 3. The Morgan fingerprint density at radius 2 is 2.15 bits per heavy atom. The first-order chi connectivity index (χ1) is 18.7. The lowest BCUT2D eigenvalue weighted by molar-refractivity contribution is -0.150. The summed E-state index contributed by atoms with van der Waals surface area (Å²) in [6.07, 6.45) is 1.64. The summed E-state index contributed by atoms with van der Waals surface area (Å²) < 4.78 is 3.82. The fourth-order valence-corrected chi connectivity index (χ4v) is 7.35. The molecule has 0 saturated carbocycles. The zero-order valence-corrected chi connectivity index (χ0v) is 23.2. The number of anilines is 1. The number of nitrogens with zero attached hydrogens (tertiary/aromatic N) is 6. The summed E-state index contributed by atoms with van der Waals surface area (Å²) in [5.41, 5.74) is 16.8. The van der Waals surface area contributed by atoms with Gasteiger partial charge in [0.15, 0.2) is 16.9 Å². The van der Waals surface area contributed by atoms with Crippen molar-refractivity contribution in [1.29, 1.82) is 0 Å². The number of nitrogens with two attached hydrogens (primary N) is 3. The number of carboxylic acids is 1. The van der Waals surface area contributed by atoms with Crippen LogP contribution in [0.4, 0.5) is 5.13 Å². The Morgan fingerprint density at radius 1 is 1.36 bits per heavy atom. The second-order valence-electron chi connectivity index (χ2n) is 7.92. The van der Waals surface area contributed by atoms with Crippen molar-refractivity contribution in [2.75, 3.05) is 23.8 Å². The minimum atomic E-state index is -1.58. The van der Waals surface area contributed by atoms with Crippen molar-refractivity contribution >= 4 is 75.7 Å². The number of carboxylic acid groups (broad SMARTS) is 1.